The number of ether oxygens (including phenoxy) is 1. The Kier molecular flexibility index (Phi) is 4.11. The molecule has 0 aromatic heterocycles. The molecule has 4 heteroatoms. The molecule has 0 fully saturated rings. The summed E-state index contributed by atoms with van der Waals surface area (Å²) >= 11 is 0. The number of anilines is 1. The highest BCUT2D eigenvalue weighted by molar-refractivity contribution is 6.04. The minimum Gasteiger partial charge on any atom is -0.496 e. The van der Waals surface area contributed by atoms with Gasteiger partial charge in [0, 0.05) is 16.8 Å². The Morgan fingerprint density at radius 3 is 2.77 bits per heavy atom. The highest BCUT2D eigenvalue weighted by atomic mass is 16.5. The van der Waals surface area contributed by atoms with Crippen molar-refractivity contribution in [3.05, 3.63) is 58.7 Å². The lowest BCUT2D eigenvalue weighted by Crippen LogP contribution is -2.12. The molecular weight excluding hydrogens is 278 g/mol. The molecule has 0 unspecified atom stereocenters. The Morgan fingerprint density at radius 2 is 2.00 bits per heavy atom. The molecule has 0 saturated carbocycles. The van der Waals surface area contributed by atoms with Gasteiger partial charge in [-0.3, -0.25) is 4.79 Å². The summed E-state index contributed by atoms with van der Waals surface area (Å²) in [4.78, 5) is 12.4. The number of rotatable bonds is 4. The molecule has 1 aliphatic rings. The van der Waals surface area contributed by atoms with E-state index in [0.29, 0.717) is 22.6 Å². The minimum atomic E-state index is -0.135. The number of aryl methyl sites for hydroxylation is 2. The summed E-state index contributed by atoms with van der Waals surface area (Å²) in [5, 5.41) is 12.2. The van der Waals surface area contributed by atoms with Crippen molar-refractivity contribution in [2.24, 2.45) is 0 Å². The summed E-state index contributed by atoms with van der Waals surface area (Å²) in [6, 6.07) is 11.1. The maximum Gasteiger partial charge on any atom is 0.255 e. The van der Waals surface area contributed by atoms with E-state index < -0.39 is 0 Å². The van der Waals surface area contributed by atoms with Crippen LogP contribution in [0.5, 0.6) is 5.75 Å². The van der Waals surface area contributed by atoms with Crippen LogP contribution in [-0.2, 0) is 19.4 Å². The number of benzene rings is 2. The van der Waals surface area contributed by atoms with Crippen molar-refractivity contribution >= 4 is 11.6 Å². The van der Waals surface area contributed by atoms with E-state index in [1.54, 1.807) is 25.3 Å². The van der Waals surface area contributed by atoms with Crippen LogP contribution in [-0.4, -0.2) is 18.1 Å². The van der Waals surface area contributed by atoms with Crippen molar-refractivity contribution in [3.8, 4) is 5.75 Å². The van der Waals surface area contributed by atoms with E-state index in [-0.39, 0.29) is 12.5 Å². The van der Waals surface area contributed by atoms with Gasteiger partial charge in [0.15, 0.2) is 0 Å². The van der Waals surface area contributed by atoms with Gasteiger partial charge in [-0.05, 0) is 60.7 Å². The molecule has 2 aromatic rings. The Labute approximate surface area is 129 Å². The summed E-state index contributed by atoms with van der Waals surface area (Å²) in [5.41, 5.74) is 4.59. The lowest BCUT2D eigenvalue weighted by molar-refractivity contribution is 0.102. The summed E-state index contributed by atoms with van der Waals surface area (Å²) < 4.78 is 5.16. The topological polar surface area (TPSA) is 58.6 Å². The van der Waals surface area contributed by atoms with Gasteiger partial charge in [0.25, 0.3) is 5.91 Å². The molecule has 0 saturated heterocycles. The first-order valence-corrected chi connectivity index (χ1v) is 7.42. The van der Waals surface area contributed by atoms with Gasteiger partial charge in [0.2, 0.25) is 0 Å². The second-order valence-electron chi connectivity index (χ2n) is 5.48. The number of methoxy groups -OCH3 is 1. The molecule has 2 aromatic carbocycles. The van der Waals surface area contributed by atoms with Gasteiger partial charge in [-0.1, -0.05) is 6.07 Å². The second-order valence-corrected chi connectivity index (χ2v) is 5.48. The molecule has 0 heterocycles. The van der Waals surface area contributed by atoms with E-state index >= 15 is 0 Å². The van der Waals surface area contributed by atoms with Crippen molar-refractivity contribution in [1.82, 2.24) is 0 Å². The third-order valence-electron chi connectivity index (χ3n) is 4.07. The lowest BCUT2D eigenvalue weighted by atomic mass is 10.1. The van der Waals surface area contributed by atoms with Gasteiger partial charge >= 0.3 is 0 Å². The van der Waals surface area contributed by atoms with Gasteiger partial charge in [-0.2, -0.15) is 0 Å². The molecular formula is C18H19NO3. The molecule has 0 bridgehead atoms. The SMILES string of the molecule is COc1ccc(NC(=O)c2ccc3c(c2)CCC3)cc1CO. The number of hydrogen-bond acceptors (Lipinski definition) is 3. The van der Waals surface area contributed by atoms with Crippen molar-refractivity contribution in [2.75, 3.05) is 12.4 Å². The van der Waals surface area contributed by atoms with Crippen molar-refractivity contribution < 1.29 is 14.6 Å². The lowest BCUT2D eigenvalue weighted by Gasteiger charge is -2.11. The van der Waals surface area contributed by atoms with E-state index in [2.05, 4.69) is 5.32 Å². The van der Waals surface area contributed by atoms with E-state index in [0.717, 1.165) is 12.8 Å². The molecule has 22 heavy (non-hydrogen) atoms. The fraction of sp³-hybridized carbons (Fsp3) is 0.278. The molecule has 4 nitrogen and oxygen atoms in total. The molecule has 1 amide bonds. The quantitative estimate of drug-likeness (QED) is 0.912. The minimum absolute atomic E-state index is 0.133. The second kappa shape index (κ2) is 6.20. The first-order valence-electron chi connectivity index (χ1n) is 7.42. The summed E-state index contributed by atoms with van der Waals surface area (Å²) in [6.45, 7) is -0.133. The first-order chi connectivity index (χ1) is 10.7. The number of amides is 1. The Hall–Kier alpha value is -2.33. The Bertz CT molecular complexity index is 709. The van der Waals surface area contributed by atoms with Gasteiger partial charge in [-0.25, -0.2) is 0 Å². The highest BCUT2D eigenvalue weighted by Gasteiger charge is 2.14. The number of aliphatic hydroxyl groups is 1. The molecule has 3 rings (SSSR count). The van der Waals surface area contributed by atoms with Crippen LogP contribution >= 0.6 is 0 Å². The maximum atomic E-state index is 12.4. The molecule has 0 aliphatic heterocycles. The van der Waals surface area contributed by atoms with Crippen LogP contribution in [0.25, 0.3) is 0 Å². The molecule has 0 atom stereocenters. The van der Waals surface area contributed by atoms with Gasteiger partial charge < -0.3 is 15.2 Å². The number of nitrogens with one attached hydrogen (secondary N) is 1. The number of carbonyl (C=O) groups is 1. The first kappa shape index (κ1) is 14.6. The van der Waals surface area contributed by atoms with Crippen LogP contribution in [0.3, 0.4) is 0 Å². The predicted octanol–water partition coefficient (Wildman–Crippen LogP) is 2.93. The zero-order valence-electron chi connectivity index (χ0n) is 12.6. The highest BCUT2D eigenvalue weighted by Crippen LogP contribution is 2.25. The zero-order chi connectivity index (χ0) is 15.5. The van der Waals surface area contributed by atoms with Gasteiger partial charge in [-0.15, -0.1) is 0 Å². The van der Waals surface area contributed by atoms with Crippen LogP contribution in [0.2, 0.25) is 0 Å². The number of carbonyl (C=O) groups excluding carboxylic acids is 1. The van der Waals surface area contributed by atoms with Crippen molar-refractivity contribution in [2.45, 2.75) is 25.9 Å². The number of hydrogen-bond donors (Lipinski definition) is 2. The molecule has 114 valence electrons. The van der Waals surface area contributed by atoms with Crippen LogP contribution in [0, 0.1) is 0 Å². The largest absolute Gasteiger partial charge is 0.496 e. The smallest absolute Gasteiger partial charge is 0.255 e. The molecule has 1 aliphatic carbocycles. The predicted molar refractivity (Wildman–Crippen MR) is 85.3 cm³/mol. The molecule has 0 spiro atoms. The number of aliphatic hydroxyl groups excluding tert-OH is 1. The average Bonchev–Trinajstić information content (AvgIpc) is 3.02. The van der Waals surface area contributed by atoms with Crippen LogP contribution < -0.4 is 10.1 Å². The Morgan fingerprint density at radius 1 is 1.18 bits per heavy atom. The fourth-order valence-corrected chi connectivity index (χ4v) is 2.90. The number of fused-ring (bicyclic) bond motifs is 1. The Balaban J connectivity index is 1.79. The van der Waals surface area contributed by atoms with Gasteiger partial charge in [0.1, 0.15) is 5.75 Å². The van der Waals surface area contributed by atoms with Crippen molar-refractivity contribution in [1.29, 1.82) is 0 Å². The summed E-state index contributed by atoms with van der Waals surface area (Å²) in [7, 11) is 1.55. The van der Waals surface area contributed by atoms with Gasteiger partial charge in [0.05, 0.1) is 13.7 Å². The normalized spacial score (nSPS) is 12.8. The monoisotopic (exact) mass is 297 g/mol. The van der Waals surface area contributed by atoms with Crippen LogP contribution in [0.1, 0.15) is 33.5 Å². The van der Waals surface area contributed by atoms with E-state index in [9.17, 15) is 9.90 Å². The van der Waals surface area contributed by atoms with E-state index in [1.807, 2.05) is 18.2 Å². The third kappa shape index (κ3) is 2.83. The average molecular weight is 297 g/mol. The van der Waals surface area contributed by atoms with E-state index in [1.165, 1.54) is 17.5 Å². The maximum absolute atomic E-state index is 12.4. The third-order valence-corrected chi connectivity index (χ3v) is 4.07. The summed E-state index contributed by atoms with van der Waals surface area (Å²) in [6.07, 6.45) is 3.32. The fourth-order valence-electron chi connectivity index (χ4n) is 2.90. The van der Waals surface area contributed by atoms with Crippen LogP contribution in [0.15, 0.2) is 36.4 Å². The zero-order valence-corrected chi connectivity index (χ0v) is 12.6. The molecule has 0 radical (unpaired) electrons. The molecule has 2 N–H and O–H groups in total. The van der Waals surface area contributed by atoms with E-state index in [4.69, 9.17) is 4.74 Å². The summed E-state index contributed by atoms with van der Waals surface area (Å²) in [5.74, 6) is 0.474. The standard InChI is InChI=1S/C18H19NO3/c1-22-17-8-7-16(10-15(17)11-20)19-18(21)14-6-5-12-3-2-4-13(12)9-14/h5-10,20H,2-4,11H2,1H3,(H,19,21). The van der Waals surface area contributed by atoms with Crippen molar-refractivity contribution in [3.63, 3.8) is 0 Å². The van der Waals surface area contributed by atoms with Crippen LogP contribution in [0.4, 0.5) is 5.69 Å².